The summed E-state index contributed by atoms with van der Waals surface area (Å²) in [5.41, 5.74) is 0.318. The molecule has 8 heteroatoms. The molecule has 1 aliphatic heterocycles. The van der Waals surface area contributed by atoms with Crippen LogP contribution in [0.3, 0.4) is 0 Å². The summed E-state index contributed by atoms with van der Waals surface area (Å²) in [7, 11) is 0. The van der Waals surface area contributed by atoms with Crippen molar-refractivity contribution in [3.63, 3.8) is 0 Å². The standard InChI is InChI=1S/C22H18N6O2/c1-22(17-12-11-15-7-5-6-8-16(15)13-17)20(29)27(21(30)23-22)14-19-24-25-26-28(19)18-9-3-2-4-10-18/h2-13H,14H2,1H3,(H,23,30)/t22-/m0/s1. The van der Waals surface area contributed by atoms with Gasteiger partial charge in [-0.2, -0.15) is 4.68 Å². The monoisotopic (exact) mass is 398 g/mol. The minimum Gasteiger partial charge on any atom is -0.319 e. The first kappa shape index (κ1) is 18.0. The molecule has 148 valence electrons. The highest BCUT2D eigenvalue weighted by molar-refractivity contribution is 6.07. The number of urea groups is 1. The van der Waals surface area contributed by atoms with Crippen molar-refractivity contribution >= 4 is 22.7 Å². The van der Waals surface area contributed by atoms with Crippen LogP contribution in [-0.4, -0.2) is 37.0 Å². The topological polar surface area (TPSA) is 93.0 Å². The predicted octanol–water partition coefficient (Wildman–Crippen LogP) is 2.78. The van der Waals surface area contributed by atoms with Gasteiger partial charge in [0.2, 0.25) is 0 Å². The molecule has 0 spiro atoms. The first-order chi connectivity index (χ1) is 14.6. The van der Waals surface area contributed by atoms with Crippen LogP contribution in [0.2, 0.25) is 0 Å². The molecular formula is C22H18N6O2. The molecule has 0 unspecified atom stereocenters. The van der Waals surface area contributed by atoms with E-state index in [1.54, 1.807) is 6.92 Å². The van der Waals surface area contributed by atoms with Crippen molar-refractivity contribution in [1.29, 1.82) is 0 Å². The average Bonchev–Trinajstić information content (AvgIpc) is 3.33. The first-order valence-electron chi connectivity index (χ1n) is 9.52. The summed E-state index contributed by atoms with van der Waals surface area (Å²) in [6.07, 6.45) is 0. The number of carbonyl (C=O) groups is 2. The van der Waals surface area contributed by atoms with Crippen LogP contribution in [0.5, 0.6) is 0 Å². The maximum absolute atomic E-state index is 13.3. The highest BCUT2D eigenvalue weighted by Gasteiger charge is 2.49. The Morgan fingerprint density at radius 2 is 1.67 bits per heavy atom. The molecular weight excluding hydrogens is 380 g/mol. The van der Waals surface area contributed by atoms with Crippen LogP contribution in [0.15, 0.2) is 72.8 Å². The van der Waals surface area contributed by atoms with Crippen molar-refractivity contribution in [3.05, 3.63) is 84.2 Å². The number of tetrazole rings is 1. The zero-order valence-corrected chi connectivity index (χ0v) is 16.2. The van der Waals surface area contributed by atoms with E-state index in [0.29, 0.717) is 5.82 Å². The third kappa shape index (κ3) is 2.81. The number of nitrogens with one attached hydrogen (secondary N) is 1. The summed E-state index contributed by atoms with van der Waals surface area (Å²) in [4.78, 5) is 27.2. The van der Waals surface area contributed by atoms with Crippen molar-refractivity contribution < 1.29 is 9.59 Å². The Balaban J connectivity index is 1.47. The summed E-state index contributed by atoms with van der Waals surface area (Å²) in [6, 6.07) is 22.5. The molecule has 0 bridgehead atoms. The molecule has 0 radical (unpaired) electrons. The minimum atomic E-state index is -1.16. The fraction of sp³-hybridized carbons (Fsp3) is 0.136. The van der Waals surface area contributed by atoms with Gasteiger partial charge in [-0.3, -0.25) is 9.69 Å². The summed E-state index contributed by atoms with van der Waals surface area (Å²) in [5, 5.41) is 16.6. The number of benzene rings is 3. The minimum absolute atomic E-state index is 0.0320. The molecule has 1 aromatic heterocycles. The normalized spacial score (nSPS) is 18.8. The van der Waals surface area contributed by atoms with Crippen molar-refractivity contribution in [1.82, 2.24) is 30.4 Å². The van der Waals surface area contributed by atoms with E-state index >= 15 is 0 Å². The van der Waals surface area contributed by atoms with Gasteiger partial charge in [-0.15, -0.1) is 5.10 Å². The molecule has 4 aromatic rings. The number of para-hydroxylation sites is 1. The molecule has 3 amide bonds. The van der Waals surface area contributed by atoms with Gasteiger partial charge in [0, 0.05) is 0 Å². The number of rotatable bonds is 4. The Morgan fingerprint density at radius 3 is 2.47 bits per heavy atom. The smallest absolute Gasteiger partial charge is 0.319 e. The van der Waals surface area contributed by atoms with Gasteiger partial charge in [0.15, 0.2) is 5.82 Å². The van der Waals surface area contributed by atoms with E-state index < -0.39 is 11.6 Å². The summed E-state index contributed by atoms with van der Waals surface area (Å²) in [5.74, 6) is 0.0536. The van der Waals surface area contributed by atoms with Gasteiger partial charge in [-0.05, 0) is 51.9 Å². The molecule has 1 fully saturated rings. The number of amides is 3. The molecule has 5 rings (SSSR count). The van der Waals surface area contributed by atoms with E-state index in [9.17, 15) is 9.59 Å². The number of nitrogens with zero attached hydrogens (tertiary/aromatic N) is 5. The van der Waals surface area contributed by atoms with E-state index in [-0.39, 0.29) is 12.5 Å². The van der Waals surface area contributed by atoms with E-state index in [1.807, 2.05) is 72.8 Å². The molecule has 1 aliphatic rings. The quantitative estimate of drug-likeness (QED) is 0.534. The van der Waals surface area contributed by atoms with Crippen molar-refractivity contribution in [2.24, 2.45) is 0 Å². The lowest BCUT2D eigenvalue weighted by molar-refractivity contribution is -0.131. The Bertz CT molecular complexity index is 1270. The van der Waals surface area contributed by atoms with Gasteiger partial charge in [-0.25, -0.2) is 4.79 Å². The number of fused-ring (bicyclic) bond motifs is 1. The molecule has 1 saturated heterocycles. The highest BCUT2D eigenvalue weighted by Crippen LogP contribution is 2.31. The Hall–Kier alpha value is -4.07. The third-order valence-electron chi connectivity index (χ3n) is 5.44. The molecule has 0 saturated carbocycles. The summed E-state index contributed by atoms with van der Waals surface area (Å²) in [6.45, 7) is 1.69. The van der Waals surface area contributed by atoms with Gasteiger partial charge in [0.05, 0.1) is 12.2 Å². The van der Waals surface area contributed by atoms with Crippen molar-refractivity contribution in [2.45, 2.75) is 19.0 Å². The van der Waals surface area contributed by atoms with Crippen LogP contribution < -0.4 is 5.32 Å². The summed E-state index contributed by atoms with van der Waals surface area (Å²) >= 11 is 0. The van der Waals surface area contributed by atoms with E-state index in [2.05, 4.69) is 20.8 Å². The SMILES string of the molecule is C[C@@]1(c2ccc3ccccc3c2)NC(=O)N(Cc2nnnn2-c2ccccc2)C1=O. The third-order valence-corrected chi connectivity index (χ3v) is 5.44. The highest BCUT2D eigenvalue weighted by atomic mass is 16.2. The number of hydrogen-bond donors (Lipinski definition) is 1. The van der Waals surface area contributed by atoms with Gasteiger partial charge in [-0.1, -0.05) is 54.6 Å². The lowest BCUT2D eigenvalue weighted by Gasteiger charge is -2.22. The van der Waals surface area contributed by atoms with E-state index in [4.69, 9.17) is 0 Å². The molecule has 30 heavy (non-hydrogen) atoms. The largest absolute Gasteiger partial charge is 0.325 e. The fourth-order valence-electron chi connectivity index (χ4n) is 3.75. The molecule has 2 heterocycles. The van der Waals surface area contributed by atoms with Crippen molar-refractivity contribution in [2.75, 3.05) is 0 Å². The molecule has 3 aromatic carbocycles. The zero-order chi connectivity index (χ0) is 20.7. The Morgan fingerprint density at radius 1 is 0.933 bits per heavy atom. The first-order valence-corrected chi connectivity index (χ1v) is 9.52. The van der Waals surface area contributed by atoms with Crippen LogP contribution in [0.25, 0.3) is 16.5 Å². The second-order valence-corrected chi connectivity index (χ2v) is 7.35. The van der Waals surface area contributed by atoms with Crippen LogP contribution >= 0.6 is 0 Å². The number of imide groups is 1. The lowest BCUT2D eigenvalue weighted by Crippen LogP contribution is -2.40. The molecule has 8 nitrogen and oxygen atoms in total. The molecule has 1 atom stereocenters. The fourth-order valence-corrected chi connectivity index (χ4v) is 3.75. The van der Waals surface area contributed by atoms with Crippen LogP contribution in [0.4, 0.5) is 4.79 Å². The predicted molar refractivity (Wildman–Crippen MR) is 110 cm³/mol. The number of aromatic nitrogens is 4. The Labute approximate surface area is 172 Å². The Kier molecular flexibility index (Phi) is 4.06. The average molecular weight is 398 g/mol. The number of carbonyl (C=O) groups excluding carboxylic acids is 2. The van der Waals surface area contributed by atoms with Crippen molar-refractivity contribution in [3.8, 4) is 5.69 Å². The second kappa shape index (κ2) is 6.77. The number of hydrogen-bond acceptors (Lipinski definition) is 5. The molecule has 1 N–H and O–H groups in total. The van der Waals surface area contributed by atoms with Crippen LogP contribution in [0, 0.1) is 0 Å². The van der Waals surface area contributed by atoms with Gasteiger partial charge in [0.1, 0.15) is 5.54 Å². The second-order valence-electron chi connectivity index (χ2n) is 7.35. The van der Waals surface area contributed by atoms with E-state index in [1.165, 1.54) is 4.68 Å². The zero-order valence-electron chi connectivity index (χ0n) is 16.2. The van der Waals surface area contributed by atoms with E-state index in [0.717, 1.165) is 26.9 Å². The van der Waals surface area contributed by atoms with Gasteiger partial charge in [0.25, 0.3) is 5.91 Å². The van der Waals surface area contributed by atoms with Crippen LogP contribution in [0.1, 0.15) is 18.3 Å². The summed E-state index contributed by atoms with van der Waals surface area (Å²) < 4.78 is 1.52. The van der Waals surface area contributed by atoms with Gasteiger partial charge >= 0.3 is 6.03 Å². The molecule has 0 aliphatic carbocycles. The van der Waals surface area contributed by atoms with Gasteiger partial charge < -0.3 is 5.32 Å². The van der Waals surface area contributed by atoms with Crippen LogP contribution in [-0.2, 0) is 16.9 Å². The lowest BCUT2D eigenvalue weighted by atomic mass is 9.90. The maximum Gasteiger partial charge on any atom is 0.325 e. The maximum atomic E-state index is 13.3.